The molecule has 1 aromatic carbocycles. The highest BCUT2D eigenvalue weighted by Crippen LogP contribution is 2.20. The van der Waals surface area contributed by atoms with Crippen LogP contribution in [-0.4, -0.2) is 31.0 Å². The molecule has 3 N–H and O–H groups in total. The summed E-state index contributed by atoms with van der Waals surface area (Å²) in [5, 5.41) is 3.16. The minimum Gasteiger partial charge on any atom is -0.384 e. The molecule has 1 aromatic heterocycles. The normalized spacial score (nSPS) is 11.8. The predicted octanol–water partition coefficient (Wildman–Crippen LogP) is 1.75. The Morgan fingerprint density at radius 3 is 2.71 bits per heavy atom. The van der Waals surface area contributed by atoms with Crippen LogP contribution in [0, 0.1) is 0 Å². The summed E-state index contributed by atoms with van der Waals surface area (Å²) in [6, 6.07) is 6.75. The number of hydrogen-bond acceptors (Lipinski definition) is 4. The molecule has 114 valence electrons. The summed E-state index contributed by atoms with van der Waals surface area (Å²) < 4.78 is 27.2. The Bertz CT molecular complexity index is 666. The maximum Gasteiger partial charge on any atom is 0.242 e. The lowest BCUT2D eigenvalue weighted by Crippen LogP contribution is -2.30. The van der Waals surface area contributed by atoms with Crippen molar-refractivity contribution in [2.24, 2.45) is 0 Å². The number of nitrogens with one attached hydrogen (secondary N) is 3. The third-order valence-corrected chi connectivity index (χ3v) is 4.55. The molecule has 0 spiro atoms. The van der Waals surface area contributed by atoms with Crippen LogP contribution in [0.15, 0.2) is 41.7 Å². The molecule has 0 aliphatic heterocycles. The Balaban J connectivity index is 2.09. The number of sulfonamides is 1. The third-order valence-electron chi connectivity index (χ3n) is 2.83. The highest BCUT2D eigenvalue weighted by atomic mass is 32.2. The van der Waals surface area contributed by atoms with E-state index in [1.54, 1.807) is 44.6 Å². The molecule has 2 rings (SSSR count). The van der Waals surface area contributed by atoms with E-state index in [1.165, 1.54) is 0 Å². The van der Waals surface area contributed by atoms with Crippen molar-refractivity contribution in [1.29, 1.82) is 0 Å². The van der Waals surface area contributed by atoms with Crippen LogP contribution in [0.3, 0.4) is 0 Å². The van der Waals surface area contributed by atoms with E-state index in [4.69, 9.17) is 0 Å². The van der Waals surface area contributed by atoms with E-state index in [0.29, 0.717) is 12.2 Å². The average Bonchev–Trinajstić information content (AvgIpc) is 2.91. The topological polar surface area (TPSA) is 86.9 Å². The molecule has 0 fully saturated rings. The Morgan fingerprint density at radius 1 is 1.29 bits per heavy atom. The molecule has 0 amide bonds. The van der Waals surface area contributed by atoms with Gasteiger partial charge >= 0.3 is 0 Å². The summed E-state index contributed by atoms with van der Waals surface area (Å²) in [6.45, 7) is 4.22. The molecule has 21 heavy (non-hydrogen) atoms. The lowest BCUT2D eigenvalue weighted by molar-refractivity contribution is 0.570. The molecule has 0 unspecified atom stereocenters. The zero-order valence-electron chi connectivity index (χ0n) is 12.1. The fourth-order valence-electron chi connectivity index (χ4n) is 1.97. The van der Waals surface area contributed by atoms with Gasteiger partial charge in [0, 0.05) is 30.9 Å². The van der Waals surface area contributed by atoms with Crippen molar-refractivity contribution < 1.29 is 8.42 Å². The summed E-state index contributed by atoms with van der Waals surface area (Å²) >= 11 is 0. The van der Waals surface area contributed by atoms with Gasteiger partial charge < -0.3 is 10.3 Å². The second-order valence-corrected chi connectivity index (χ2v) is 6.71. The van der Waals surface area contributed by atoms with Crippen molar-refractivity contribution in [1.82, 2.24) is 14.7 Å². The van der Waals surface area contributed by atoms with E-state index in [0.717, 1.165) is 12.1 Å². The van der Waals surface area contributed by atoms with E-state index in [9.17, 15) is 8.42 Å². The van der Waals surface area contributed by atoms with Gasteiger partial charge in [-0.1, -0.05) is 12.1 Å². The van der Waals surface area contributed by atoms with Crippen molar-refractivity contribution in [3.05, 3.63) is 42.5 Å². The number of rotatable bonds is 7. The second kappa shape index (κ2) is 6.73. The van der Waals surface area contributed by atoms with E-state index < -0.39 is 10.0 Å². The van der Waals surface area contributed by atoms with Crippen LogP contribution in [0.2, 0.25) is 0 Å². The first kappa shape index (κ1) is 15.5. The number of imidazole rings is 1. The van der Waals surface area contributed by atoms with Gasteiger partial charge in [0.15, 0.2) is 0 Å². The van der Waals surface area contributed by atoms with Gasteiger partial charge in [-0.15, -0.1) is 0 Å². The quantitative estimate of drug-likeness (QED) is 0.727. The molecule has 0 radical (unpaired) electrons. The molecule has 0 atom stereocenters. The zero-order chi connectivity index (χ0) is 15.3. The Labute approximate surface area is 125 Å². The number of aromatic nitrogens is 2. The summed E-state index contributed by atoms with van der Waals surface area (Å²) in [7, 11) is -3.51. The second-order valence-electron chi connectivity index (χ2n) is 5.03. The minimum atomic E-state index is -3.51. The minimum absolute atomic E-state index is 0.145. The Morgan fingerprint density at radius 2 is 2.05 bits per heavy atom. The van der Waals surface area contributed by atoms with Crippen molar-refractivity contribution in [3.8, 4) is 0 Å². The van der Waals surface area contributed by atoms with E-state index in [2.05, 4.69) is 20.0 Å². The molecular formula is C14H20N4O2S. The fourth-order valence-corrected chi connectivity index (χ4v) is 3.41. The Kier molecular flexibility index (Phi) is 4.98. The first-order chi connectivity index (χ1) is 9.99. The van der Waals surface area contributed by atoms with Gasteiger partial charge in [-0.2, -0.15) is 0 Å². The Hall–Kier alpha value is -1.86. The molecule has 0 saturated heterocycles. The summed E-state index contributed by atoms with van der Waals surface area (Å²) in [5.74, 6) is 0. The average molecular weight is 308 g/mol. The number of para-hydroxylation sites is 1. The molecule has 2 aromatic rings. The first-order valence-corrected chi connectivity index (χ1v) is 8.30. The molecule has 0 bridgehead atoms. The van der Waals surface area contributed by atoms with Gasteiger partial charge in [0.25, 0.3) is 0 Å². The SMILES string of the molecule is CC(C)NS(=O)(=O)c1ccccc1NCCc1cnc[nH]1. The summed E-state index contributed by atoms with van der Waals surface area (Å²) in [6.07, 6.45) is 4.12. The number of benzene rings is 1. The van der Waals surface area contributed by atoms with Crippen LogP contribution in [-0.2, 0) is 16.4 Å². The largest absolute Gasteiger partial charge is 0.384 e. The van der Waals surface area contributed by atoms with Crippen LogP contribution in [0.5, 0.6) is 0 Å². The van der Waals surface area contributed by atoms with Gasteiger partial charge in [0.2, 0.25) is 10.0 Å². The van der Waals surface area contributed by atoms with Gasteiger partial charge in [-0.05, 0) is 26.0 Å². The molecular weight excluding hydrogens is 288 g/mol. The monoisotopic (exact) mass is 308 g/mol. The number of H-pyrrole nitrogens is 1. The van der Waals surface area contributed by atoms with E-state index >= 15 is 0 Å². The van der Waals surface area contributed by atoms with Crippen LogP contribution < -0.4 is 10.0 Å². The summed E-state index contributed by atoms with van der Waals surface area (Å²) in [5.41, 5.74) is 1.60. The maximum absolute atomic E-state index is 12.3. The molecule has 7 heteroatoms. The van der Waals surface area contributed by atoms with Crippen molar-refractivity contribution in [2.75, 3.05) is 11.9 Å². The highest BCUT2D eigenvalue weighted by molar-refractivity contribution is 7.89. The van der Waals surface area contributed by atoms with E-state index in [-0.39, 0.29) is 10.9 Å². The summed E-state index contributed by atoms with van der Waals surface area (Å²) in [4.78, 5) is 7.23. The molecule has 0 saturated carbocycles. The van der Waals surface area contributed by atoms with Crippen molar-refractivity contribution >= 4 is 15.7 Å². The predicted molar refractivity (Wildman–Crippen MR) is 82.7 cm³/mol. The lowest BCUT2D eigenvalue weighted by atomic mass is 10.3. The van der Waals surface area contributed by atoms with Gasteiger partial charge in [0.1, 0.15) is 4.90 Å². The standard InChI is InChI=1S/C14H20N4O2S/c1-11(2)18-21(19,20)14-6-4-3-5-13(14)16-8-7-12-9-15-10-17-12/h3-6,9-11,16,18H,7-8H2,1-2H3,(H,15,17). The fraction of sp³-hybridized carbons (Fsp3) is 0.357. The van der Waals surface area contributed by atoms with Gasteiger partial charge in [-0.25, -0.2) is 18.1 Å². The number of hydrogen-bond donors (Lipinski definition) is 3. The third kappa shape index (κ3) is 4.30. The van der Waals surface area contributed by atoms with Crippen LogP contribution in [0.25, 0.3) is 0 Å². The van der Waals surface area contributed by atoms with Gasteiger partial charge in [0.05, 0.1) is 12.0 Å². The maximum atomic E-state index is 12.3. The molecule has 1 heterocycles. The van der Waals surface area contributed by atoms with Crippen molar-refractivity contribution in [3.63, 3.8) is 0 Å². The highest BCUT2D eigenvalue weighted by Gasteiger charge is 2.18. The molecule has 0 aliphatic rings. The molecule has 0 aliphatic carbocycles. The first-order valence-electron chi connectivity index (χ1n) is 6.81. The smallest absolute Gasteiger partial charge is 0.242 e. The number of aromatic amines is 1. The van der Waals surface area contributed by atoms with Crippen LogP contribution >= 0.6 is 0 Å². The van der Waals surface area contributed by atoms with Gasteiger partial charge in [-0.3, -0.25) is 0 Å². The molecule has 6 nitrogen and oxygen atoms in total. The number of nitrogens with zero attached hydrogens (tertiary/aromatic N) is 1. The van der Waals surface area contributed by atoms with Crippen LogP contribution in [0.4, 0.5) is 5.69 Å². The number of anilines is 1. The van der Waals surface area contributed by atoms with Crippen LogP contribution in [0.1, 0.15) is 19.5 Å². The van der Waals surface area contributed by atoms with Crippen molar-refractivity contribution in [2.45, 2.75) is 31.2 Å². The zero-order valence-corrected chi connectivity index (χ0v) is 12.9. The lowest BCUT2D eigenvalue weighted by Gasteiger charge is -2.14. The van der Waals surface area contributed by atoms with E-state index in [1.807, 2.05) is 6.07 Å².